The van der Waals surface area contributed by atoms with Crippen LogP contribution in [0.5, 0.6) is 0 Å². The van der Waals surface area contributed by atoms with E-state index in [-0.39, 0.29) is 0 Å². The molecule has 0 aromatic carbocycles. The number of hydrogen-bond donors (Lipinski definition) is 0. The van der Waals surface area contributed by atoms with E-state index in [2.05, 4.69) is 52.7 Å². The molecular weight excluding hydrogens is 264 g/mol. The highest BCUT2D eigenvalue weighted by atomic mass is 79.9. The first-order valence-corrected chi connectivity index (χ1v) is 6.76. The van der Waals surface area contributed by atoms with Gasteiger partial charge in [0, 0.05) is 23.3 Å². The van der Waals surface area contributed by atoms with Crippen molar-refractivity contribution >= 4 is 21.7 Å². The highest BCUT2D eigenvalue weighted by Crippen LogP contribution is 2.29. The number of aryl methyl sites for hydroxylation is 1. The van der Waals surface area contributed by atoms with E-state index in [1.807, 2.05) is 6.20 Å². The van der Waals surface area contributed by atoms with Crippen molar-refractivity contribution in [2.45, 2.75) is 39.7 Å². The molecule has 2 unspecified atom stereocenters. The van der Waals surface area contributed by atoms with Gasteiger partial charge in [0.05, 0.1) is 0 Å². The van der Waals surface area contributed by atoms with E-state index < -0.39 is 0 Å². The monoisotopic (exact) mass is 282 g/mol. The lowest BCUT2D eigenvalue weighted by Gasteiger charge is -2.38. The number of nitrogens with zero attached hydrogens (tertiary/aromatic N) is 2. The quantitative estimate of drug-likeness (QED) is 0.779. The van der Waals surface area contributed by atoms with Gasteiger partial charge in [0.2, 0.25) is 0 Å². The number of halogens is 1. The molecule has 0 N–H and O–H groups in total. The summed E-state index contributed by atoms with van der Waals surface area (Å²) in [6, 6.07) is 2.75. The molecule has 2 nitrogen and oxygen atoms in total. The average molecular weight is 283 g/mol. The first-order valence-electron chi connectivity index (χ1n) is 5.96. The van der Waals surface area contributed by atoms with Gasteiger partial charge in [0.25, 0.3) is 0 Å². The summed E-state index contributed by atoms with van der Waals surface area (Å²) in [6.45, 7) is 7.92. The third-order valence-electron chi connectivity index (χ3n) is 3.43. The second-order valence-corrected chi connectivity index (χ2v) is 5.88. The molecule has 0 saturated carbocycles. The fourth-order valence-electron chi connectivity index (χ4n) is 2.56. The summed E-state index contributed by atoms with van der Waals surface area (Å²) >= 11 is 3.46. The topological polar surface area (TPSA) is 16.1 Å². The van der Waals surface area contributed by atoms with Gasteiger partial charge in [0.1, 0.15) is 5.82 Å². The zero-order chi connectivity index (χ0) is 11.7. The van der Waals surface area contributed by atoms with Gasteiger partial charge in [-0.1, -0.05) is 6.92 Å². The third-order valence-corrected chi connectivity index (χ3v) is 3.86. The molecule has 0 amide bonds. The van der Waals surface area contributed by atoms with Gasteiger partial charge in [-0.15, -0.1) is 0 Å². The first-order chi connectivity index (χ1) is 7.58. The number of piperidine rings is 1. The first kappa shape index (κ1) is 11.9. The Kier molecular flexibility index (Phi) is 3.53. The van der Waals surface area contributed by atoms with Gasteiger partial charge >= 0.3 is 0 Å². The summed E-state index contributed by atoms with van der Waals surface area (Å²) < 4.78 is 1.06. The van der Waals surface area contributed by atoms with Crippen molar-refractivity contribution in [3.63, 3.8) is 0 Å². The predicted molar refractivity (Wildman–Crippen MR) is 71.9 cm³/mol. The number of pyridine rings is 1. The number of aromatic nitrogens is 1. The van der Waals surface area contributed by atoms with Gasteiger partial charge < -0.3 is 4.90 Å². The molecule has 1 aliphatic rings. The van der Waals surface area contributed by atoms with Gasteiger partial charge in [-0.25, -0.2) is 4.98 Å². The SMILES string of the molecule is Cc1cc(Br)cnc1N1CCC(C)CC1C. The van der Waals surface area contributed by atoms with Crippen LogP contribution in [0.25, 0.3) is 0 Å². The van der Waals surface area contributed by atoms with Crippen LogP contribution in [-0.4, -0.2) is 17.6 Å². The largest absolute Gasteiger partial charge is 0.354 e. The molecule has 1 aliphatic heterocycles. The zero-order valence-electron chi connectivity index (χ0n) is 10.2. The molecule has 1 saturated heterocycles. The Balaban J connectivity index is 2.23. The maximum atomic E-state index is 4.56. The highest BCUT2D eigenvalue weighted by molar-refractivity contribution is 9.10. The number of anilines is 1. The molecule has 3 heteroatoms. The van der Waals surface area contributed by atoms with Gasteiger partial charge in [-0.05, 0) is 60.2 Å². The van der Waals surface area contributed by atoms with Crippen LogP contribution in [0.1, 0.15) is 32.3 Å². The molecule has 1 aromatic rings. The molecule has 0 spiro atoms. The van der Waals surface area contributed by atoms with E-state index in [1.165, 1.54) is 18.4 Å². The van der Waals surface area contributed by atoms with Crippen molar-refractivity contribution in [1.82, 2.24) is 4.98 Å². The summed E-state index contributed by atoms with van der Waals surface area (Å²) in [5, 5.41) is 0. The lowest BCUT2D eigenvalue weighted by molar-refractivity contribution is 0.375. The lowest BCUT2D eigenvalue weighted by atomic mass is 9.93. The van der Waals surface area contributed by atoms with Crippen molar-refractivity contribution in [2.24, 2.45) is 5.92 Å². The normalized spacial score (nSPS) is 25.9. The molecule has 2 heterocycles. The Hall–Kier alpha value is -0.570. The summed E-state index contributed by atoms with van der Waals surface area (Å²) in [4.78, 5) is 7.00. The minimum absolute atomic E-state index is 0.608. The molecule has 88 valence electrons. The summed E-state index contributed by atoms with van der Waals surface area (Å²) in [7, 11) is 0. The number of hydrogen-bond acceptors (Lipinski definition) is 2. The third kappa shape index (κ3) is 2.40. The van der Waals surface area contributed by atoms with Crippen molar-refractivity contribution in [3.05, 3.63) is 22.3 Å². The van der Waals surface area contributed by atoms with Crippen molar-refractivity contribution in [2.75, 3.05) is 11.4 Å². The molecular formula is C13H19BrN2. The average Bonchev–Trinajstić information content (AvgIpc) is 2.19. The van der Waals surface area contributed by atoms with E-state index in [0.717, 1.165) is 22.8 Å². The Bertz CT molecular complexity index is 378. The zero-order valence-corrected chi connectivity index (χ0v) is 11.8. The Labute approximate surface area is 106 Å². The van der Waals surface area contributed by atoms with E-state index in [4.69, 9.17) is 0 Å². The lowest BCUT2D eigenvalue weighted by Crippen LogP contribution is -2.41. The molecule has 0 aliphatic carbocycles. The predicted octanol–water partition coefficient (Wildman–Crippen LogP) is 3.78. The van der Waals surface area contributed by atoms with E-state index in [0.29, 0.717) is 6.04 Å². The second kappa shape index (κ2) is 4.74. The van der Waals surface area contributed by atoms with Crippen molar-refractivity contribution in [3.8, 4) is 0 Å². The molecule has 16 heavy (non-hydrogen) atoms. The minimum atomic E-state index is 0.608. The minimum Gasteiger partial charge on any atom is -0.354 e. The van der Waals surface area contributed by atoms with E-state index in [1.54, 1.807) is 0 Å². The maximum Gasteiger partial charge on any atom is 0.131 e. The van der Waals surface area contributed by atoms with Crippen LogP contribution in [0.15, 0.2) is 16.7 Å². The van der Waals surface area contributed by atoms with Crippen LogP contribution in [0, 0.1) is 12.8 Å². The fraction of sp³-hybridized carbons (Fsp3) is 0.615. The molecule has 1 aromatic heterocycles. The van der Waals surface area contributed by atoms with Gasteiger partial charge in [0.15, 0.2) is 0 Å². The molecule has 0 bridgehead atoms. The Morgan fingerprint density at radius 3 is 2.81 bits per heavy atom. The summed E-state index contributed by atoms with van der Waals surface area (Å²) in [5.74, 6) is 2.00. The fourth-order valence-corrected chi connectivity index (χ4v) is 3.00. The van der Waals surface area contributed by atoms with E-state index in [9.17, 15) is 0 Å². The second-order valence-electron chi connectivity index (χ2n) is 4.97. The molecule has 0 radical (unpaired) electrons. The molecule has 2 atom stereocenters. The Morgan fingerprint density at radius 2 is 2.19 bits per heavy atom. The van der Waals surface area contributed by atoms with Crippen LogP contribution in [0.4, 0.5) is 5.82 Å². The van der Waals surface area contributed by atoms with Gasteiger partial charge in [-0.2, -0.15) is 0 Å². The standard InChI is InChI=1S/C13H19BrN2/c1-9-4-5-16(11(3)6-9)13-10(2)7-12(14)8-15-13/h7-9,11H,4-6H2,1-3H3. The maximum absolute atomic E-state index is 4.56. The summed E-state index contributed by atoms with van der Waals surface area (Å²) in [6.07, 6.45) is 4.45. The smallest absolute Gasteiger partial charge is 0.131 e. The van der Waals surface area contributed by atoms with Crippen molar-refractivity contribution in [1.29, 1.82) is 0 Å². The van der Waals surface area contributed by atoms with Crippen LogP contribution in [0.3, 0.4) is 0 Å². The van der Waals surface area contributed by atoms with Crippen LogP contribution in [-0.2, 0) is 0 Å². The van der Waals surface area contributed by atoms with Crippen LogP contribution < -0.4 is 4.90 Å². The number of rotatable bonds is 1. The highest BCUT2D eigenvalue weighted by Gasteiger charge is 2.24. The molecule has 2 rings (SSSR count). The Morgan fingerprint density at radius 1 is 1.44 bits per heavy atom. The van der Waals surface area contributed by atoms with E-state index >= 15 is 0 Å². The van der Waals surface area contributed by atoms with Gasteiger partial charge in [-0.3, -0.25) is 0 Å². The van der Waals surface area contributed by atoms with Crippen molar-refractivity contribution < 1.29 is 0 Å². The molecule has 1 fully saturated rings. The summed E-state index contributed by atoms with van der Waals surface area (Å²) in [5.41, 5.74) is 1.26. The van der Waals surface area contributed by atoms with Crippen LogP contribution >= 0.6 is 15.9 Å². The van der Waals surface area contributed by atoms with Crippen LogP contribution in [0.2, 0.25) is 0 Å².